The lowest BCUT2D eigenvalue weighted by atomic mass is 10.1. The zero-order valence-corrected chi connectivity index (χ0v) is 55.0. The number of carbonyl (C=O) groups is 4. The fraction of sp³-hybridized carbons (Fsp3) is 0.760. The van der Waals surface area contributed by atoms with Crippen LogP contribution in [0.3, 0.4) is 0 Å². The molecule has 10 heterocycles. The second-order valence-electron chi connectivity index (χ2n) is 20.9. The third-order valence-corrected chi connectivity index (χ3v) is 17.5. The summed E-state index contributed by atoms with van der Waals surface area (Å²) in [6, 6.07) is 4.92. The molecule has 0 saturated carbocycles. The molecule has 5 amide bonds. The predicted octanol–water partition coefficient (Wildman–Crippen LogP) is 4.20. The standard InChI is InChI=1S/C6H12N2O.C6H10N2O.C6H12N2O.2C5H10N2O.C5H12N2S.C5H10N2S.C4H6N2O.C4H10N2S.C4H6N2S/c1-4-5(2)8(3)7-6(4)9;1-4-5(2)7-8-6(4)9-3;1-4-5(2)7-8(3)6(4)9;1-3-4(2)7-5(8)6-3;1-3-4(2)6-7-5(3)8;1-4-5(2)7(3)8-6-4;1-3-4(2)7-5(8)6-3;3*1-3-4(2)6-7-5-3/h4-5H,1-3H3,(H,7,9);1-3H3,(H,7,8);4-5,7H,1-3H3;3-4H,1-2H3,(H2,6,7,8);3-4,6H,1-2H3,(H,7,8);4-6H,1-3H3;3-4H,1-2H3,(H2,6,7,8);1-2H3;3-6H,1-2H3;1-2H3. The number of aromatic nitrogens is 6. The number of urea groups is 1. The van der Waals surface area contributed by atoms with E-state index in [1.54, 1.807) is 43.4 Å². The van der Waals surface area contributed by atoms with Crippen LogP contribution in [0.15, 0.2) is 4.63 Å². The highest BCUT2D eigenvalue weighted by Crippen LogP contribution is 2.20. The zero-order valence-electron chi connectivity index (χ0n) is 51.7. The quantitative estimate of drug-likeness (QED) is 0.120. The minimum atomic E-state index is -0.0509. The number of hydrogen-bond donors (Lipinski definition) is 12. The molecule has 7 fully saturated rings. The molecule has 7 saturated heterocycles. The topological polar surface area (TPSA) is 313 Å². The van der Waals surface area contributed by atoms with Crippen molar-refractivity contribution in [2.45, 2.75) is 205 Å². The van der Waals surface area contributed by atoms with Crippen LogP contribution in [-0.4, -0.2) is 167 Å². The number of thiocarbonyl (C=S) groups is 1. The third-order valence-electron chi connectivity index (χ3n) is 14.5. The lowest BCUT2D eigenvalue weighted by molar-refractivity contribution is -0.130. The van der Waals surface area contributed by atoms with Crippen molar-refractivity contribution >= 4 is 77.1 Å². The number of rotatable bonds is 1. The van der Waals surface area contributed by atoms with Crippen molar-refractivity contribution in [3.05, 3.63) is 34.0 Å². The minimum absolute atomic E-state index is 0.0509. The van der Waals surface area contributed by atoms with Crippen molar-refractivity contribution in [2.24, 2.45) is 17.8 Å². The Morgan fingerprint density at radius 3 is 1.21 bits per heavy atom. The largest absolute Gasteiger partial charge is 0.480 e. The van der Waals surface area contributed by atoms with Gasteiger partial charge in [-0.3, -0.25) is 35.3 Å². The number of methoxy groups -OCH3 is 1. The SMILES string of the molecule is CC1C(=O)NN(C)C1C.CC1NC(=O)NC1C.CC1NC(=S)NC1C.CC1NN(C)C(=O)C1C.CC1NNC(=O)C1C.CC1NSN(C)C1C.CC1NSNC1C.COc1n[nH]c(C)c1C.Cc1nonc1C.Cc1nsnc1C. The van der Waals surface area contributed by atoms with Gasteiger partial charge in [-0.1, -0.05) is 31.1 Å². The van der Waals surface area contributed by atoms with E-state index in [9.17, 15) is 19.2 Å². The summed E-state index contributed by atoms with van der Waals surface area (Å²) in [5, 5.41) is 29.5. The summed E-state index contributed by atoms with van der Waals surface area (Å²) in [5.74, 6) is 1.48. The van der Waals surface area contributed by atoms with Gasteiger partial charge in [0.1, 0.15) is 11.4 Å². The van der Waals surface area contributed by atoms with Crippen LogP contribution >= 0.6 is 48.2 Å². The van der Waals surface area contributed by atoms with Crippen molar-refractivity contribution in [1.82, 2.24) is 101 Å². The highest BCUT2D eigenvalue weighted by molar-refractivity contribution is 7.95. The van der Waals surface area contributed by atoms with E-state index >= 15 is 0 Å². The molecular formula is C50H98N20O6S4. The number of hydrogen-bond acceptors (Lipinski definition) is 22. The third kappa shape index (κ3) is 25.7. The van der Waals surface area contributed by atoms with E-state index in [0.29, 0.717) is 54.2 Å². The molecule has 30 heteroatoms. The summed E-state index contributed by atoms with van der Waals surface area (Å²) in [4.78, 5) is 42.9. The molecule has 12 N–H and O–H groups in total. The summed E-state index contributed by atoms with van der Waals surface area (Å²) in [6.45, 7) is 40.2. The van der Waals surface area contributed by atoms with Gasteiger partial charge >= 0.3 is 6.03 Å². The first kappa shape index (κ1) is 73.5. The number of amides is 5. The molecule has 3 aromatic rings. The van der Waals surface area contributed by atoms with Crippen LogP contribution in [0.4, 0.5) is 4.79 Å². The van der Waals surface area contributed by atoms with Gasteiger partial charge in [-0.15, -0.1) is 5.10 Å². The molecule has 14 atom stereocenters. The summed E-state index contributed by atoms with van der Waals surface area (Å²) in [7, 11) is 7.35. The molecule has 0 bridgehead atoms. The second kappa shape index (κ2) is 36.9. The van der Waals surface area contributed by atoms with Gasteiger partial charge in [-0.05, 0) is 137 Å². The van der Waals surface area contributed by atoms with E-state index in [1.165, 1.54) is 11.7 Å². The van der Waals surface area contributed by atoms with E-state index in [-0.39, 0.29) is 59.6 Å². The van der Waals surface area contributed by atoms with Crippen LogP contribution in [0.5, 0.6) is 5.88 Å². The molecule has 458 valence electrons. The van der Waals surface area contributed by atoms with Gasteiger partial charge in [-0.25, -0.2) is 43.8 Å². The molecule has 0 aliphatic carbocycles. The first-order chi connectivity index (χ1) is 37.2. The molecule has 80 heavy (non-hydrogen) atoms. The Hall–Kier alpha value is -4.50. The van der Waals surface area contributed by atoms with Crippen molar-refractivity contribution in [3.8, 4) is 5.88 Å². The smallest absolute Gasteiger partial charge is 0.315 e. The second-order valence-corrected chi connectivity index (χ2v) is 23.5. The first-order valence-corrected chi connectivity index (χ1v) is 29.6. The van der Waals surface area contributed by atoms with Crippen LogP contribution in [-0.2, 0) is 14.4 Å². The summed E-state index contributed by atoms with van der Waals surface area (Å²) >= 11 is 9.40. The van der Waals surface area contributed by atoms with Crippen LogP contribution < -0.4 is 61.9 Å². The average Bonchev–Trinajstić information content (AvgIpc) is 4.35. The van der Waals surface area contributed by atoms with E-state index in [1.807, 2.05) is 109 Å². The monoisotopic (exact) mass is 1200 g/mol. The predicted molar refractivity (Wildman–Crippen MR) is 325 cm³/mol. The van der Waals surface area contributed by atoms with Crippen molar-refractivity contribution < 1.29 is 28.5 Å². The van der Waals surface area contributed by atoms with Crippen LogP contribution in [0, 0.1) is 59.3 Å². The number of nitrogens with one attached hydrogen (secondary N) is 12. The molecule has 3 aromatic heterocycles. The highest BCUT2D eigenvalue weighted by atomic mass is 32.2. The summed E-state index contributed by atoms with van der Waals surface area (Å²) in [6.07, 6.45) is 0. The van der Waals surface area contributed by atoms with Gasteiger partial charge in [0.2, 0.25) is 23.6 Å². The minimum Gasteiger partial charge on any atom is -0.480 e. The first-order valence-electron chi connectivity index (χ1n) is 26.9. The summed E-state index contributed by atoms with van der Waals surface area (Å²) in [5.41, 5.74) is 17.0. The number of aryl methyl sites for hydroxylation is 5. The van der Waals surface area contributed by atoms with E-state index < -0.39 is 0 Å². The number of hydrazine groups is 3. The van der Waals surface area contributed by atoms with Gasteiger partial charge in [0.15, 0.2) is 5.11 Å². The number of ether oxygens (including phenoxy) is 1. The molecule has 10 rings (SSSR count). The fourth-order valence-corrected chi connectivity index (χ4v) is 8.94. The van der Waals surface area contributed by atoms with Crippen LogP contribution in [0.25, 0.3) is 0 Å². The molecule has 7 aliphatic rings. The van der Waals surface area contributed by atoms with Crippen LogP contribution in [0.1, 0.15) is 131 Å². The van der Waals surface area contributed by atoms with Crippen molar-refractivity contribution in [1.29, 1.82) is 0 Å². The van der Waals surface area contributed by atoms with E-state index in [4.69, 9.17) is 17.0 Å². The molecule has 0 aromatic carbocycles. The van der Waals surface area contributed by atoms with Gasteiger partial charge in [0.05, 0.1) is 48.0 Å². The Bertz CT molecular complexity index is 2170. The van der Waals surface area contributed by atoms with Gasteiger partial charge in [-0.2, -0.15) is 8.75 Å². The maximum Gasteiger partial charge on any atom is 0.315 e. The molecule has 26 nitrogen and oxygen atoms in total. The number of nitrogens with zero attached hydrogens (tertiary/aromatic N) is 8. The molecule has 7 aliphatic heterocycles. The number of carbonyl (C=O) groups excluding carboxylic acids is 4. The Balaban J connectivity index is 0.000000445. The van der Waals surface area contributed by atoms with Gasteiger partial charge in [0, 0.05) is 116 Å². The lowest BCUT2D eigenvalue weighted by Gasteiger charge is -2.13. The van der Waals surface area contributed by atoms with E-state index in [2.05, 4.69) is 144 Å². The highest BCUT2D eigenvalue weighted by Gasteiger charge is 2.32. The number of aromatic amines is 1. The molecule has 0 spiro atoms. The maximum atomic E-state index is 11.0. The maximum absolute atomic E-state index is 11.0. The fourth-order valence-electron chi connectivity index (χ4n) is 6.29. The molecule has 0 radical (unpaired) electrons. The number of likely N-dealkylation sites (N-methyl/N-ethyl adjacent to an activating group) is 1. The summed E-state index contributed by atoms with van der Waals surface area (Å²) < 4.78 is 29.0. The normalized spacial score (nSPS) is 29.8. The van der Waals surface area contributed by atoms with Gasteiger partial charge < -0.3 is 26.0 Å². The Morgan fingerprint density at radius 2 is 1.07 bits per heavy atom. The molecular weight excluding hydrogens is 1100 g/mol. The Labute approximate surface area is 494 Å². The Morgan fingerprint density at radius 1 is 0.575 bits per heavy atom. The van der Waals surface area contributed by atoms with Crippen LogP contribution in [0.2, 0.25) is 0 Å². The van der Waals surface area contributed by atoms with Gasteiger partial charge in [0.25, 0.3) is 0 Å². The molecule has 14 unspecified atom stereocenters. The van der Waals surface area contributed by atoms with Crippen molar-refractivity contribution in [2.75, 3.05) is 28.3 Å². The van der Waals surface area contributed by atoms with E-state index in [0.717, 1.165) is 39.1 Å². The number of H-pyrrole nitrogens is 1. The Kier molecular flexibility index (Phi) is 33.9. The lowest BCUT2D eigenvalue weighted by Crippen LogP contribution is -2.32. The zero-order chi connectivity index (χ0) is 61.3. The van der Waals surface area contributed by atoms with Crippen molar-refractivity contribution in [3.63, 3.8) is 0 Å². The average molecular weight is 1200 g/mol.